The molecule has 0 saturated carbocycles. The van der Waals surface area contributed by atoms with E-state index in [0.717, 1.165) is 0 Å². The molecule has 8 heteroatoms. The Labute approximate surface area is 138 Å². The van der Waals surface area contributed by atoms with Crippen LogP contribution < -0.4 is 27.3 Å². The molecule has 2 rings (SSSR count). The van der Waals surface area contributed by atoms with E-state index in [1.165, 1.54) is 6.20 Å². The van der Waals surface area contributed by atoms with Gasteiger partial charge in [0, 0.05) is 6.07 Å². The van der Waals surface area contributed by atoms with Crippen molar-refractivity contribution in [2.45, 2.75) is 24.5 Å². The van der Waals surface area contributed by atoms with Gasteiger partial charge in [-0.1, -0.05) is 5.92 Å². The molecular weight excluding hydrogens is 356 g/mol. The maximum atomic E-state index is 11.2. The molecule has 0 bridgehead atoms. The minimum absolute atomic E-state index is 0. The molecule has 1 aliphatic rings. The molecule has 1 amide bonds. The molecule has 4 N–H and O–H groups in total. The molecule has 1 aromatic heterocycles. The molecule has 0 aliphatic carbocycles. The van der Waals surface area contributed by atoms with Crippen LogP contribution in [0, 0.1) is 12.3 Å². The summed E-state index contributed by atoms with van der Waals surface area (Å²) in [5, 5.41) is 19.3. The number of primary amides is 1. The highest BCUT2D eigenvalue weighted by molar-refractivity contribution is 5.92. The van der Waals surface area contributed by atoms with E-state index in [-0.39, 0.29) is 30.2 Å². The first-order valence-corrected chi connectivity index (χ1v) is 6.38. The molecule has 0 radical (unpaired) electrons. The first-order valence-electron chi connectivity index (χ1n) is 6.38. The number of aromatic nitrogens is 1. The van der Waals surface area contributed by atoms with Gasteiger partial charge in [-0.25, -0.2) is 0 Å². The Morgan fingerprint density at radius 3 is 2.91 bits per heavy atom. The van der Waals surface area contributed by atoms with E-state index >= 15 is 0 Å². The molecule has 22 heavy (non-hydrogen) atoms. The number of carbonyl (C=O) groups is 1. The van der Waals surface area contributed by atoms with Crippen LogP contribution in [-0.2, 0) is 9.47 Å². The van der Waals surface area contributed by atoms with Gasteiger partial charge in [0.05, 0.1) is 6.61 Å². The number of aliphatic hydroxyl groups excluding tert-OH is 2. The second-order valence-corrected chi connectivity index (χ2v) is 4.62. The lowest BCUT2D eigenvalue weighted by molar-refractivity contribution is -0.766. The van der Waals surface area contributed by atoms with Crippen molar-refractivity contribution in [1.82, 2.24) is 0 Å². The standard InChI is InChI=1S/C14H16N2O5.BrH/c1-2-6-20-12-11(18)10(8-17)21-14(12)16-5-3-4-9(7-16)13(15)19;/h1,3-5,7,10-12,14,17-18H,6,8H2,(H-,15,19);1H/t10-,11-,12-,14-;/m1./s1. The lowest BCUT2D eigenvalue weighted by Gasteiger charge is -2.16. The van der Waals surface area contributed by atoms with Gasteiger partial charge >= 0.3 is 0 Å². The molecule has 1 aromatic rings. The van der Waals surface area contributed by atoms with Gasteiger partial charge in [0.1, 0.15) is 24.4 Å². The van der Waals surface area contributed by atoms with Crippen LogP contribution in [0.5, 0.6) is 0 Å². The van der Waals surface area contributed by atoms with Gasteiger partial charge < -0.3 is 42.4 Å². The van der Waals surface area contributed by atoms with E-state index in [0.29, 0.717) is 5.56 Å². The third kappa shape index (κ3) is 3.82. The normalized spacial score (nSPS) is 27.0. The summed E-state index contributed by atoms with van der Waals surface area (Å²) in [7, 11) is 0. The molecule has 7 nitrogen and oxygen atoms in total. The SMILES string of the molecule is C#CCO[C@@H]1[C@H](O)[C@@H](CO)O[C@H]1[n+]1cccc(C(N)=O)c1.[Br-]. The number of rotatable bonds is 5. The van der Waals surface area contributed by atoms with Gasteiger partial charge in [0.2, 0.25) is 0 Å². The van der Waals surface area contributed by atoms with E-state index in [4.69, 9.17) is 21.6 Å². The summed E-state index contributed by atoms with van der Waals surface area (Å²) in [5.41, 5.74) is 5.53. The number of nitrogens with zero attached hydrogens (tertiary/aromatic N) is 1. The van der Waals surface area contributed by atoms with Crippen LogP contribution >= 0.6 is 0 Å². The smallest absolute Gasteiger partial charge is 0.292 e. The number of hydrogen-bond donors (Lipinski definition) is 3. The second kappa shape index (κ2) is 8.22. The fourth-order valence-electron chi connectivity index (χ4n) is 2.23. The zero-order chi connectivity index (χ0) is 15.4. The molecule has 0 unspecified atom stereocenters. The number of pyridine rings is 1. The Bertz CT molecular complexity index is 562. The molecule has 120 valence electrons. The highest BCUT2D eigenvalue weighted by atomic mass is 79.9. The summed E-state index contributed by atoms with van der Waals surface area (Å²) >= 11 is 0. The van der Waals surface area contributed by atoms with E-state index in [1.54, 1.807) is 22.9 Å². The zero-order valence-corrected chi connectivity index (χ0v) is 13.2. The maximum Gasteiger partial charge on any atom is 0.292 e. The number of terminal acetylenes is 1. The van der Waals surface area contributed by atoms with Crippen molar-refractivity contribution >= 4 is 5.91 Å². The maximum absolute atomic E-state index is 11.2. The Kier molecular flexibility index (Phi) is 6.93. The van der Waals surface area contributed by atoms with Gasteiger partial charge in [0.15, 0.2) is 18.5 Å². The Morgan fingerprint density at radius 1 is 1.59 bits per heavy atom. The first kappa shape index (κ1) is 18.5. The summed E-state index contributed by atoms with van der Waals surface area (Å²) in [5.74, 6) is 1.73. The third-order valence-electron chi connectivity index (χ3n) is 3.25. The lowest BCUT2D eigenvalue weighted by atomic mass is 10.1. The molecule has 1 aliphatic heterocycles. The van der Waals surface area contributed by atoms with Crippen LogP contribution in [0.2, 0.25) is 0 Å². The van der Waals surface area contributed by atoms with Crippen molar-refractivity contribution in [1.29, 1.82) is 0 Å². The van der Waals surface area contributed by atoms with Crippen molar-refractivity contribution in [3.63, 3.8) is 0 Å². The minimum Gasteiger partial charge on any atom is -1.00 e. The lowest BCUT2D eigenvalue weighted by Crippen LogP contribution is -3.00. The average Bonchev–Trinajstić information content (AvgIpc) is 2.81. The van der Waals surface area contributed by atoms with Crippen molar-refractivity contribution in [2.75, 3.05) is 13.2 Å². The molecule has 0 spiro atoms. The summed E-state index contributed by atoms with van der Waals surface area (Å²) in [6.45, 7) is -0.362. The molecule has 2 heterocycles. The molecule has 1 fully saturated rings. The van der Waals surface area contributed by atoms with Crippen LogP contribution in [-0.4, -0.2) is 47.6 Å². The molecule has 0 aromatic carbocycles. The highest BCUT2D eigenvalue weighted by Crippen LogP contribution is 2.27. The van der Waals surface area contributed by atoms with Gasteiger partial charge in [-0.2, -0.15) is 4.57 Å². The van der Waals surface area contributed by atoms with Crippen molar-refractivity contribution < 1.29 is 46.0 Å². The predicted molar refractivity (Wildman–Crippen MR) is 70.7 cm³/mol. The van der Waals surface area contributed by atoms with Gasteiger partial charge in [-0.05, 0) is 6.07 Å². The predicted octanol–water partition coefficient (Wildman–Crippen LogP) is -4.65. The number of hydrogen-bond acceptors (Lipinski definition) is 5. The number of aliphatic hydroxyl groups is 2. The van der Waals surface area contributed by atoms with Crippen molar-refractivity contribution in [3.05, 3.63) is 30.1 Å². The van der Waals surface area contributed by atoms with Crippen LogP contribution in [0.3, 0.4) is 0 Å². The minimum atomic E-state index is -1.03. The van der Waals surface area contributed by atoms with Crippen LogP contribution in [0.15, 0.2) is 24.5 Å². The van der Waals surface area contributed by atoms with E-state index < -0.39 is 30.4 Å². The fraction of sp³-hybridized carbons (Fsp3) is 0.429. The monoisotopic (exact) mass is 372 g/mol. The van der Waals surface area contributed by atoms with Gasteiger partial charge in [0.25, 0.3) is 12.1 Å². The number of ether oxygens (including phenoxy) is 2. The van der Waals surface area contributed by atoms with Gasteiger partial charge in [-0.3, -0.25) is 4.79 Å². The van der Waals surface area contributed by atoms with Crippen LogP contribution in [0.25, 0.3) is 0 Å². The Balaban J connectivity index is 0.00000242. The molecule has 4 atom stereocenters. The fourth-order valence-corrected chi connectivity index (χ4v) is 2.23. The number of halogens is 1. The van der Waals surface area contributed by atoms with Crippen molar-refractivity contribution in [2.24, 2.45) is 5.73 Å². The number of carbonyl (C=O) groups excluding carboxylic acids is 1. The number of nitrogens with two attached hydrogens (primary N) is 1. The Morgan fingerprint density at radius 2 is 2.32 bits per heavy atom. The quantitative estimate of drug-likeness (QED) is 0.356. The number of amides is 1. The average molecular weight is 373 g/mol. The molecular formula is C14H17BrN2O5. The Hall–Kier alpha value is -1.50. The first-order chi connectivity index (χ1) is 10.1. The molecule has 1 saturated heterocycles. The summed E-state index contributed by atoms with van der Waals surface area (Å²) in [4.78, 5) is 11.2. The van der Waals surface area contributed by atoms with Crippen LogP contribution in [0.4, 0.5) is 0 Å². The van der Waals surface area contributed by atoms with E-state index in [1.807, 2.05) is 0 Å². The van der Waals surface area contributed by atoms with E-state index in [2.05, 4.69) is 5.92 Å². The summed E-state index contributed by atoms with van der Waals surface area (Å²) in [6.07, 6.45) is 5.00. The summed E-state index contributed by atoms with van der Waals surface area (Å²) < 4.78 is 12.5. The van der Waals surface area contributed by atoms with Crippen molar-refractivity contribution in [3.8, 4) is 12.3 Å². The van der Waals surface area contributed by atoms with E-state index in [9.17, 15) is 15.0 Å². The third-order valence-corrected chi connectivity index (χ3v) is 3.25. The summed E-state index contributed by atoms with van der Waals surface area (Å²) in [6, 6.07) is 3.19. The highest BCUT2D eigenvalue weighted by Gasteiger charge is 2.49. The topological polar surface area (TPSA) is 106 Å². The van der Waals surface area contributed by atoms with Gasteiger partial charge in [-0.15, -0.1) is 6.42 Å². The van der Waals surface area contributed by atoms with Crippen LogP contribution in [0.1, 0.15) is 16.6 Å². The zero-order valence-electron chi connectivity index (χ0n) is 11.6. The largest absolute Gasteiger partial charge is 1.00 e. The second-order valence-electron chi connectivity index (χ2n) is 4.62.